The van der Waals surface area contributed by atoms with Gasteiger partial charge in [-0.2, -0.15) is 0 Å². The van der Waals surface area contributed by atoms with Gasteiger partial charge in [0.05, 0.1) is 18.7 Å². The number of aliphatic hydroxyl groups excluding tert-OH is 1. The lowest BCUT2D eigenvalue weighted by molar-refractivity contribution is 0.154. The molecule has 18 heavy (non-hydrogen) atoms. The lowest BCUT2D eigenvalue weighted by Crippen LogP contribution is -2.45. The van der Waals surface area contributed by atoms with Gasteiger partial charge >= 0.3 is 6.03 Å². The summed E-state index contributed by atoms with van der Waals surface area (Å²) in [6.45, 7) is 2.87. The minimum absolute atomic E-state index is 0.00848. The molecule has 0 spiro atoms. The highest BCUT2D eigenvalue weighted by Crippen LogP contribution is 2.23. The Labute approximate surface area is 112 Å². The van der Waals surface area contributed by atoms with Gasteiger partial charge in [-0.05, 0) is 30.7 Å². The van der Waals surface area contributed by atoms with Gasteiger partial charge in [0.25, 0.3) is 0 Å². The van der Waals surface area contributed by atoms with E-state index in [2.05, 4.69) is 12.2 Å². The van der Waals surface area contributed by atoms with Gasteiger partial charge in [0.2, 0.25) is 0 Å². The maximum Gasteiger partial charge on any atom is 0.318 e. The predicted octanol–water partition coefficient (Wildman–Crippen LogP) is 2.37. The van der Waals surface area contributed by atoms with Gasteiger partial charge in [0, 0.05) is 11.4 Å². The lowest BCUT2D eigenvalue weighted by Gasteiger charge is -2.26. The van der Waals surface area contributed by atoms with Crippen molar-refractivity contribution in [3.05, 3.63) is 22.4 Å². The van der Waals surface area contributed by atoms with Crippen molar-refractivity contribution in [2.75, 3.05) is 13.2 Å². The van der Waals surface area contributed by atoms with E-state index < -0.39 is 0 Å². The molecule has 1 saturated heterocycles. The van der Waals surface area contributed by atoms with Crippen LogP contribution in [0, 0.1) is 0 Å². The first-order valence-electron chi connectivity index (χ1n) is 6.47. The Morgan fingerprint density at radius 1 is 1.72 bits per heavy atom. The molecule has 0 aromatic carbocycles. The van der Waals surface area contributed by atoms with Crippen LogP contribution in [0.1, 0.15) is 37.1 Å². The van der Waals surface area contributed by atoms with Gasteiger partial charge in [0.15, 0.2) is 0 Å². The zero-order chi connectivity index (χ0) is 13.0. The van der Waals surface area contributed by atoms with E-state index in [1.54, 1.807) is 16.2 Å². The number of aliphatic hydroxyl groups is 1. The van der Waals surface area contributed by atoms with Crippen LogP contribution < -0.4 is 5.32 Å². The van der Waals surface area contributed by atoms with E-state index in [0.29, 0.717) is 0 Å². The van der Waals surface area contributed by atoms with E-state index in [4.69, 9.17) is 0 Å². The molecule has 2 atom stereocenters. The fourth-order valence-corrected chi connectivity index (χ4v) is 3.25. The number of likely N-dealkylation sites (tertiary alicyclic amines) is 1. The van der Waals surface area contributed by atoms with Gasteiger partial charge < -0.3 is 15.3 Å². The molecule has 1 aromatic heterocycles. The van der Waals surface area contributed by atoms with Crippen molar-refractivity contribution in [1.29, 1.82) is 0 Å². The summed E-state index contributed by atoms with van der Waals surface area (Å²) in [5, 5.41) is 14.3. The Morgan fingerprint density at radius 2 is 2.56 bits per heavy atom. The molecule has 2 rings (SSSR count). The van der Waals surface area contributed by atoms with Crippen molar-refractivity contribution in [1.82, 2.24) is 10.2 Å². The van der Waals surface area contributed by atoms with Crippen molar-refractivity contribution >= 4 is 17.4 Å². The smallest absolute Gasteiger partial charge is 0.318 e. The molecule has 1 aromatic rings. The number of carbonyl (C=O) groups is 1. The highest BCUT2D eigenvalue weighted by molar-refractivity contribution is 7.10. The highest BCUT2D eigenvalue weighted by atomic mass is 32.1. The summed E-state index contributed by atoms with van der Waals surface area (Å²) in [4.78, 5) is 15.1. The molecule has 2 amide bonds. The molecule has 5 heteroatoms. The molecule has 0 saturated carbocycles. The van der Waals surface area contributed by atoms with E-state index in [9.17, 15) is 9.90 Å². The topological polar surface area (TPSA) is 52.6 Å². The number of nitrogens with one attached hydrogen (secondary N) is 1. The number of amides is 2. The van der Waals surface area contributed by atoms with Crippen molar-refractivity contribution in [2.45, 2.75) is 38.3 Å². The van der Waals surface area contributed by atoms with Gasteiger partial charge in [0.1, 0.15) is 0 Å². The zero-order valence-corrected chi connectivity index (χ0v) is 11.4. The minimum Gasteiger partial charge on any atom is -0.394 e. The molecular formula is C13H20N2O2S. The lowest BCUT2D eigenvalue weighted by atomic mass is 10.2. The number of hydrogen-bond acceptors (Lipinski definition) is 3. The summed E-state index contributed by atoms with van der Waals surface area (Å²) in [7, 11) is 0. The van der Waals surface area contributed by atoms with Crippen LogP contribution in [0.2, 0.25) is 0 Å². The van der Waals surface area contributed by atoms with E-state index in [1.165, 1.54) is 4.88 Å². The molecule has 0 bridgehead atoms. The Balaban J connectivity index is 1.97. The third-order valence-corrected chi connectivity index (χ3v) is 4.43. The predicted molar refractivity (Wildman–Crippen MR) is 72.7 cm³/mol. The SMILES string of the molecule is CCC(NC(=O)N1CCCC1CO)c1cccs1. The fraction of sp³-hybridized carbons (Fsp3) is 0.615. The Hall–Kier alpha value is -1.07. The molecule has 1 fully saturated rings. The molecule has 2 heterocycles. The number of nitrogens with zero attached hydrogens (tertiary/aromatic N) is 1. The maximum atomic E-state index is 12.2. The summed E-state index contributed by atoms with van der Waals surface area (Å²) in [5.74, 6) is 0. The third kappa shape index (κ3) is 2.84. The van der Waals surface area contributed by atoms with Crippen molar-refractivity contribution in [3.63, 3.8) is 0 Å². The molecular weight excluding hydrogens is 248 g/mol. The summed E-state index contributed by atoms with van der Waals surface area (Å²) in [6.07, 6.45) is 2.76. The van der Waals surface area contributed by atoms with Crippen LogP contribution in [0.25, 0.3) is 0 Å². The maximum absolute atomic E-state index is 12.2. The normalized spacial score (nSPS) is 21.0. The van der Waals surface area contributed by atoms with E-state index in [1.807, 2.05) is 17.5 Å². The quantitative estimate of drug-likeness (QED) is 0.881. The number of urea groups is 1. The summed E-state index contributed by atoms with van der Waals surface area (Å²) in [5.41, 5.74) is 0. The molecule has 2 N–H and O–H groups in total. The van der Waals surface area contributed by atoms with Gasteiger partial charge in [-0.25, -0.2) is 4.79 Å². The second kappa shape index (κ2) is 6.20. The summed E-state index contributed by atoms with van der Waals surface area (Å²) in [6, 6.07) is 4.07. The molecule has 4 nitrogen and oxygen atoms in total. The van der Waals surface area contributed by atoms with Crippen LogP contribution in [0.3, 0.4) is 0 Å². The van der Waals surface area contributed by atoms with Crippen LogP contribution in [0.4, 0.5) is 4.79 Å². The average Bonchev–Trinajstić information content (AvgIpc) is 3.05. The highest BCUT2D eigenvalue weighted by Gasteiger charge is 2.29. The van der Waals surface area contributed by atoms with E-state index in [-0.39, 0.29) is 24.7 Å². The molecule has 1 aliphatic rings. The van der Waals surface area contributed by atoms with Gasteiger partial charge in [-0.3, -0.25) is 0 Å². The van der Waals surface area contributed by atoms with Crippen LogP contribution in [-0.2, 0) is 0 Å². The second-order valence-electron chi connectivity index (χ2n) is 4.60. The van der Waals surface area contributed by atoms with Crippen LogP contribution in [-0.4, -0.2) is 35.2 Å². The van der Waals surface area contributed by atoms with Crippen LogP contribution >= 0.6 is 11.3 Å². The largest absolute Gasteiger partial charge is 0.394 e. The molecule has 100 valence electrons. The first-order valence-corrected chi connectivity index (χ1v) is 7.35. The molecule has 0 radical (unpaired) electrons. The molecule has 0 aliphatic carbocycles. The van der Waals surface area contributed by atoms with Crippen LogP contribution in [0.15, 0.2) is 17.5 Å². The van der Waals surface area contributed by atoms with Gasteiger partial charge in [-0.1, -0.05) is 13.0 Å². The third-order valence-electron chi connectivity index (χ3n) is 3.44. The van der Waals surface area contributed by atoms with E-state index in [0.717, 1.165) is 25.8 Å². The minimum atomic E-state index is -0.0493. The molecule has 1 aliphatic heterocycles. The summed E-state index contributed by atoms with van der Waals surface area (Å²) < 4.78 is 0. The van der Waals surface area contributed by atoms with Crippen molar-refractivity contribution in [3.8, 4) is 0 Å². The molecule has 2 unspecified atom stereocenters. The zero-order valence-electron chi connectivity index (χ0n) is 10.6. The fourth-order valence-electron chi connectivity index (χ4n) is 2.39. The van der Waals surface area contributed by atoms with Crippen molar-refractivity contribution in [2.24, 2.45) is 0 Å². The Kier molecular flexibility index (Phi) is 4.60. The van der Waals surface area contributed by atoms with E-state index >= 15 is 0 Å². The first-order chi connectivity index (χ1) is 8.76. The number of hydrogen-bond donors (Lipinski definition) is 2. The van der Waals surface area contributed by atoms with Crippen molar-refractivity contribution < 1.29 is 9.90 Å². The van der Waals surface area contributed by atoms with Crippen LogP contribution in [0.5, 0.6) is 0 Å². The Morgan fingerprint density at radius 3 is 3.17 bits per heavy atom. The number of carbonyl (C=O) groups excluding carboxylic acids is 1. The first kappa shape index (κ1) is 13.4. The standard InChI is InChI=1S/C13H20N2O2S/c1-2-11(12-6-4-8-18-12)14-13(17)15-7-3-5-10(15)9-16/h4,6,8,10-11,16H,2-3,5,7,9H2,1H3,(H,14,17). The number of rotatable bonds is 4. The Bertz CT molecular complexity index is 380. The second-order valence-corrected chi connectivity index (χ2v) is 5.58. The summed E-state index contributed by atoms with van der Waals surface area (Å²) >= 11 is 1.66. The monoisotopic (exact) mass is 268 g/mol. The average molecular weight is 268 g/mol. The number of thiophene rings is 1. The van der Waals surface area contributed by atoms with Gasteiger partial charge in [-0.15, -0.1) is 11.3 Å².